The highest BCUT2D eigenvalue weighted by molar-refractivity contribution is 7.18. The lowest BCUT2D eigenvalue weighted by atomic mass is 10.0. The Balaban J connectivity index is 1.98. The molecule has 0 amide bonds. The molecule has 1 unspecified atom stereocenters. The quantitative estimate of drug-likeness (QED) is 0.418. The van der Waals surface area contributed by atoms with Crippen LogP contribution in [0.2, 0.25) is 0 Å². The molecule has 31 heavy (non-hydrogen) atoms. The standard InChI is InChI=1S/C23H23N3O4S/c1-12-18(15(4)28)13(2)24-21(12)25-14(3)19-17(10-11-27)20(23(29)30)31-22(19)26(25)16-8-6-5-7-9-16/h5-9,11,14,24H,10H2,1-4H3,(H,29,30). The summed E-state index contributed by atoms with van der Waals surface area (Å²) < 4.78 is 0. The SMILES string of the molecule is CC(=O)c1c(C)[nH]c(N2C(C)c3c(sc(C(=O)O)c3CC=O)N2c2ccccc2)c1C. The van der Waals surface area contributed by atoms with Gasteiger partial charge in [0.2, 0.25) is 0 Å². The first-order valence-corrected chi connectivity index (χ1v) is 10.8. The van der Waals surface area contributed by atoms with Crippen LogP contribution in [0.5, 0.6) is 0 Å². The molecule has 4 rings (SSSR count). The fourth-order valence-corrected chi connectivity index (χ4v) is 5.78. The van der Waals surface area contributed by atoms with E-state index in [0.717, 1.165) is 39.6 Å². The highest BCUT2D eigenvalue weighted by Crippen LogP contribution is 2.53. The molecule has 2 aromatic heterocycles. The van der Waals surface area contributed by atoms with Crippen molar-refractivity contribution in [3.8, 4) is 0 Å². The number of ketones is 1. The molecule has 0 saturated carbocycles. The number of thiophene rings is 1. The minimum Gasteiger partial charge on any atom is -0.477 e. The Morgan fingerprint density at radius 2 is 1.90 bits per heavy atom. The summed E-state index contributed by atoms with van der Waals surface area (Å²) in [4.78, 5) is 39.0. The molecule has 7 nitrogen and oxygen atoms in total. The van der Waals surface area contributed by atoms with Gasteiger partial charge in [0.05, 0.1) is 11.7 Å². The number of hydrogen-bond acceptors (Lipinski definition) is 6. The van der Waals surface area contributed by atoms with Crippen LogP contribution in [0.1, 0.15) is 62.3 Å². The van der Waals surface area contributed by atoms with Gasteiger partial charge in [0.1, 0.15) is 22.0 Å². The first kappa shape index (κ1) is 20.9. The van der Waals surface area contributed by atoms with Crippen LogP contribution in [0.4, 0.5) is 16.5 Å². The molecule has 2 N–H and O–H groups in total. The zero-order valence-electron chi connectivity index (χ0n) is 17.7. The normalized spacial score (nSPS) is 15.3. The molecule has 160 valence electrons. The number of fused-ring (bicyclic) bond motifs is 1. The van der Waals surface area contributed by atoms with Crippen molar-refractivity contribution >= 4 is 45.9 Å². The number of nitrogens with zero attached hydrogens (tertiary/aromatic N) is 2. The average molecular weight is 438 g/mol. The second kappa shape index (κ2) is 7.70. The molecule has 8 heteroatoms. The Kier molecular flexibility index (Phi) is 5.18. The van der Waals surface area contributed by atoms with Gasteiger partial charge in [-0.05, 0) is 45.4 Å². The zero-order valence-corrected chi connectivity index (χ0v) is 18.5. The van der Waals surface area contributed by atoms with E-state index in [9.17, 15) is 19.5 Å². The van der Waals surface area contributed by atoms with E-state index in [2.05, 4.69) is 4.98 Å². The molecule has 3 aromatic rings. The van der Waals surface area contributed by atoms with Gasteiger partial charge in [-0.15, -0.1) is 11.3 Å². The predicted molar refractivity (Wildman–Crippen MR) is 121 cm³/mol. The second-order valence-corrected chi connectivity index (χ2v) is 8.63. The van der Waals surface area contributed by atoms with E-state index in [0.29, 0.717) is 11.1 Å². The maximum atomic E-state index is 12.2. The number of hydrazine groups is 1. The molecule has 3 heterocycles. The Morgan fingerprint density at radius 1 is 1.23 bits per heavy atom. The van der Waals surface area contributed by atoms with Crippen molar-refractivity contribution in [3.63, 3.8) is 0 Å². The smallest absolute Gasteiger partial charge is 0.346 e. The molecule has 1 atom stereocenters. The van der Waals surface area contributed by atoms with Crippen LogP contribution in [0.15, 0.2) is 30.3 Å². The van der Waals surface area contributed by atoms with Crippen molar-refractivity contribution in [2.24, 2.45) is 0 Å². The third kappa shape index (κ3) is 3.14. The molecular weight excluding hydrogens is 414 g/mol. The average Bonchev–Trinajstić information content (AvgIpc) is 3.32. The lowest BCUT2D eigenvalue weighted by molar-refractivity contribution is -0.107. The number of hydrogen-bond donors (Lipinski definition) is 2. The minimum atomic E-state index is -1.03. The summed E-state index contributed by atoms with van der Waals surface area (Å²) in [5, 5.41) is 14.5. The monoisotopic (exact) mass is 437 g/mol. The summed E-state index contributed by atoms with van der Waals surface area (Å²) in [5.74, 6) is -0.273. The lowest BCUT2D eigenvalue weighted by Gasteiger charge is -2.34. The van der Waals surface area contributed by atoms with Gasteiger partial charge in [-0.2, -0.15) is 0 Å². The number of aromatic carboxylic acids is 1. The minimum absolute atomic E-state index is 0.0137. The number of aldehydes is 1. The van der Waals surface area contributed by atoms with Gasteiger partial charge >= 0.3 is 5.97 Å². The fraction of sp³-hybridized carbons (Fsp3) is 0.261. The maximum absolute atomic E-state index is 12.2. The van der Waals surface area contributed by atoms with Gasteiger partial charge < -0.3 is 14.9 Å². The summed E-state index contributed by atoms with van der Waals surface area (Å²) in [7, 11) is 0. The number of H-pyrrole nitrogens is 1. The number of carboxylic acid groups (broad SMARTS) is 1. The Hall–Kier alpha value is -3.39. The molecule has 0 spiro atoms. The van der Waals surface area contributed by atoms with Crippen LogP contribution >= 0.6 is 11.3 Å². The topological polar surface area (TPSA) is 93.7 Å². The number of aromatic amines is 1. The third-order valence-corrected chi connectivity index (χ3v) is 6.91. The van der Waals surface area contributed by atoms with Crippen molar-refractivity contribution in [3.05, 3.63) is 63.2 Å². The van der Waals surface area contributed by atoms with E-state index in [1.807, 2.05) is 61.1 Å². The molecule has 1 aliphatic heterocycles. The van der Waals surface area contributed by atoms with Gasteiger partial charge in [-0.25, -0.2) is 9.80 Å². The van der Waals surface area contributed by atoms with Crippen LogP contribution in [0, 0.1) is 13.8 Å². The number of nitrogens with one attached hydrogen (secondary N) is 1. The molecular formula is C23H23N3O4S. The number of carbonyl (C=O) groups is 3. The van der Waals surface area contributed by atoms with E-state index in [-0.39, 0.29) is 23.1 Å². The molecule has 0 radical (unpaired) electrons. The summed E-state index contributed by atoms with van der Waals surface area (Å²) in [6.45, 7) is 7.31. The van der Waals surface area contributed by atoms with Gasteiger partial charge in [-0.3, -0.25) is 9.80 Å². The summed E-state index contributed by atoms with van der Waals surface area (Å²) in [6, 6.07) is 9.41. The van der Waals surface area contributed by atoms with Gasteiger partial charge in [0.25, 0.3) is 0 Å². The van der Waals surface area contributed by atoms with E-state index in [1.54, 1.807) is 6.92 Å². The largest absolute Gasteiger partial charge is 0.477 e. The van der Waals surface area contributed by atoms with Gasteiger partial charge in [0.15, 0.2) is 5.78 Å². The number of aryl methyl sites for hydroxylation is 1. The maximum Gasteiger partial charge on any atom is 0.346 e. The lowest BCUT2D eigenvalue weighted by Crippen LogP contribution is -2.36. The van der Waals surface area contributed by atoms with Gasteiger partial charge in [-0.1, -0.05) is 18.2 Å². The number of para-hydroxylation sites is 1. The van der Waals surface area contributed by atoms with E-state index in [4.69, 9.17) is 0 Å². The van der Waals surface area contributed by atoms with Crippen molar-refractivity contribution in [1.82, 2.24) is 4.98 Å². The molecule has 0 bridgehead atoms. The number of carboxylic acids is 1. The summed E-state index contributed by atoms with van der Waals surface area (Å²) >= 11 is 1.17. The number of Topliss-reactive ketones (excluding diaryl/α,β-unsaturated/α-hetero) is 1. The first-order valence-electron chi connectivity index (χ1n) is 9.94. The fourth-order valence-electron chi connectivity index (χ4n) is 4.50. The molecule has 0 saturated heterocycles. The van der Waals surface area contributed by atoms with Crippen molar-refractivity contribution in [1.29, 1.82) is 0 Å². The highest BCUT2D eigenvalue weighted by atomic mass is 32.1. The Morgan fingerprint density at radius 3 is 2.45 bits per heavy atom. The van der Waals surface area contributed by atoms with Crippen molar-refractivity contribution < 1.29 is 19.5 Å². The van der Waals surface area contributed by atoms with Crippen LogP contribution in [-0.4, -0.2) is 28.1 Å². The van der Waals surface area contributed by atoms with Crippen LogP contribution in [0.3, 0.4) is 0 Å². The van der Waals surface area contributed by atoms with E-state index < -0.39 is 5.97 Å². The second-order valence-electron chi connectivity index (χ2n) is 7.63. The molecule has 1 aliphatic rings. The number of rotatable bonds is 6. The summed E-state index contributed by atoms with van der Waals surface area (Å²) in [5.41, 5.74) is 4.52. The first-order chi connectivity index (χ1) is 14.8. The van der Waals surface area contributed by atoms with Crippen LogP contribution < -0.4 is 10.0 Å². The van der Waals surface area contributed by atoms with Crippen molar-refractivity contribution in [2.45, 2.75) is 40.2 Å². The third-order valence-electron chi connectivity index (χ3n) is 5.70. The van der Waals surface area contributed by atoms with E-state index in [1.165, 1.54) is 11.3 Å². The highest BCUT2D eigenvalue weighted by Gasteiger charge is 2.42. The molecule has 1 aromatic carbocycles. The van der Waals surface area contributed by atoms with Gasteiger partial charge in [0, 0.05) is 28.8 Å². The van der Waals surface area contributed by atoms with Crippen LogP contribution in [-0.2, 0) is 11.2 Å². The Labute approximate surface area is 183 Å². The van der Waals surface area contributed by atoms with E-state index >= 15 is 0 Å². The number of carbonyl (C=O) groups excluding carboxylic acids is 2. The number of anilines is 3. The summed E-state index contributed by atoms with van der Waals surface area (Å²) in [6.07, 6.45) is 0.782. The van der Waals surface area contributed by atoms with Crippen molar-refractivity contribution in [2.75, 3.05) is 10.0 Å². The van der Waals surface area contributed by atoms with Crippen LogP contribution in [0.25, 0.3) is 0 Å². The molecule has 0 fully saturated rings. The number of aromatic nitrogens is 1. The Bertz CT molecular complexity index is 1200. The predicted octanol–water partition coefficient (Wildman–Crippen LogP) is 4.97. The number of benzene rings is 1. The molecule has 0 aliphatic carbocycles. The zero-order chi connectivity index (χ0) is 22.4.